The van der Waals surface area contributed by atoms with Crippen molar-refractivity contribution in [2.75, 3.05) is 24.5 Å². The van der Waals surface area contributed by atoms with Crippen molar-refractivity contribution in [1.29, 1.82) is 0 Å². The van der Waals surface area contributed by atoms with Crippen LogP contribution in [0.2, 0.25) is 0 Å². The van der Waals surface area contributed by atoms with Gasteiger partial charge in [-0.3, -0.25) is 4.79 Å². The first-order valence-electron chi connectivity index (χ1n) is 6.03. The number of amides is 1. The van der Waals surface area contributed by atoms with Gasteiger partial charge in [0.05, 0.1) is 0 Å². The Bertz CT molecular complexity index is 405. The monoisotopic (exact) mass is 233 g/mol. The highest BCUT2D eigenvalue weighted by molar-refractivity contribution is 5.86. The van der Waals surface area contributed by atoms with Crippen LogP contribution in [-0.2, 0) is 4.79 Å². The van der Waals surface area contributed by atoms with Crippen LogP contribution in [0.1, 0.15) is 12.0 Å². The van der Waals surface area contributed by atoms with Crippen LogP contribution in [0.5, 0.6) is 0 Å². The predicted molar refractivity (Wildman–Crippen MR) is 69.0 cm³/mol. The summed E-state index contributed by atoms with van der Waals surface area (Å²) in [6.45, 7) is 4.14. The number of nitrogens with one attached hydrogen (secondary N) is 1. The molecule has 0 aromatic heterocycles. The Kier molecular flexibility index (Phi) is 3.64. The maximum Gasteiger partial charge on any atom is 0.242 e. The van der Waals surface area contributed by atoms with Gasteiger partial charge >= 0.3 is 0 Å². The molecule has 4 heteroatoms. The number of carbonyl (C=O) groups excluding carboxylic acids is 1. The van der Waals surface area contributed by atoms with E-state index < -0.39 is 0 Å². The lowest BCUT2D eigenvalue weighted by molar-refractivity contribution is -0.123. The molecule has 0 saturated carbocycles. The minimum atomic E-state index is -0.129. The van der Waals surface area contributed by atoms with E-state index in [1.54, 1.807) is 0 Å². The van der Waals surface area contributed by atoms with Gasteiger partial charge in [0.15, 0.2) is 0 Å². The Hall–Kier alpha value is -1.55. The molecule has 0 aliphatic carbocycles. The summed E-state index contributed by atoms with van der Waals surface area (Å²) < 4.78 is 0. The molecule has 92 valence electrons. The molecule has 0 bridgehead atoms. The molecular formula is C13H19N3O. The molecule has 2 rings (SSSR count). The van der Waals surface area contributed by atoms with Gasteiger partial charge < -0.3 is 16.0 Å². The number of carbonyl (C=O) groups is 1. The standard InChI is InChI=1S/C13H19N3O/c1-10-3-2-4-11(9-10)16-8-7-15-13(17)12(16)5-6-14/h2-4,9,12H,5-8,14H2,1H3,(H,15,17). The molecule has 1 aliphatic heterocycles. The van der Waals surface area contributed by atoms with E-state index in [2.05, 4.69) is 35.3 Å². The van der Waals surface area contributed by atoms with Crippen molar-refractivity contribution in [1.82, 2.24) is 5.32 Å². The lowest BCUT2D eigenvalue weighted by Gasteiger charge is -2.36. The number of hydrogen-bond acceptors (Lipinski definition) is 3. The molecule has 1 aliphatic rings. The molecule has 1 aromatic rings. The van der Waals surface area contributed by atoms with Crippen molar-refractivity contribution in [3.8, 4) is 0 Å². The number of aryl methyl sites for hydroxylation is 1. The normalized spacial score (nSPS) is 20.2. The van der Waals surface area contributed by atoms with Gasteiger partial charge in [0.1, 0.15) is 6.04 Å². The van der Waals surface area contributed by atoms with Crippen LogP contribution < -0.4 is 16.0 Å². The molecule has 1 saturated heterocycles. The van der Waals surface area contributed by atoms with Crippen molar-refractivity contribution in [2.24, 2.45) is 5.73 Å². The molecule has 0 radical (unpaired) electrons. The quantitative estimate of drug-likeness (QED) is 0.806. The van der Waals surface area contributed by atoms with Crippen molar-refractivity contribution in [3.05, 3.63) is 29.8 Å². The smallest absolute Gasteiger partial charge is 0.242 e. The molecule has 1 heterocycles. The van der Waals surface area contributed by atoms with Crippen molar-refractivity contribution in [2.45, 2.75) is 19.4 Å². The minimum Gasteiger partial charge on any atom is -0.358 e. The molecule has 4 nitrogen and oxygen atoms in total. The Balaban J connectivity index is 2.24. The van der Waals surface area contributed by atoms with Crippen molar-refractivity contribution in [3.63, 3.8) is 0 Å². The fourth-order valence-electron chi connectivity index (χ4n) is 2.28. The van der Waals surface area contributed by atoms with Gasteiger partial charge in [-0.2, -0.15) is 0 Å². The molecular weight excluding hydrogens is 214 g/mol. The van der Waals surface area contributed by atoms with Crippen molar-refractivity contribution < 1.29 is 4.79 Å². The summed E-state index contributed by atoms with van der Waals surface area (Å²) in [5, 5.41) is 2.90. The van der Waals surface area contributed by atoms with Gasteiger partial charge in [-0.05, 0) is 37.6 Å². The Morgan fingerprint density at radius 2 is 2.35 bits per heavy atom. The van der Waals surface area contributed by atoms with E-state index in [9.17, 15) is 4.79 Å². The lowest BCUT2D eigenvalue weighted by Crippen LogP contribution is -2.56. The van der Waals surface area contributed by atoms with E-state index in [0.29, 0.717) is 19.5 Å². The Morgan fingerprint density at radius 1 is 1.53 bits per heavy atom. The molecule has 1 aromatic carbocycles. The van der Waals surface area contributed by atoms with Gasteiger partial charge in [0, 0.05) is 18.8 Å². The summed E-state index contributed by atoms with van der Waals surface area (Å²) in [4.78, 5) is 14.0. The average molecular weight is 233 g/mol. The zero-order valence-electron chi connectivity index (χ0n) is 10.1. The van der Waals surface area contributed by atoms with Crippen LogP contribution >= 0.6 is 0 Å². The second kappa shape index (κ2) is 5.19. The largest absolute Gasteiger partial charge is 0.358 e. The summed E-state index contributed by atoms with van der Waals surface area (Å²) in [7, 11) is 0. The molecule has 1 amide bonds. The van der Waals surface area contributed by atoms with Crippen LogP contribution in [0.4, 0.5) is 5.69 Å². The Morgan fingerprint density at radius 3 is 3.06 bits per heavy atom. The van der Waals surface area contributed by atoms with Crippen LogP contribution in [0.15, 0.2) is 24.3 Å². The van der Waals surface area contributed by atoms with E-state index >= 15 is 0 Å². The number of nitrogens with two attached hydrogens (primary N) is 1. The molecule has 1 atom stereocenters. The van der Waals surface area contributed by atoms with E-state index in [4.69, 9.17) is 5.73 Å². The van der Waals surface area contributed by atoms with E-state index in [-0.39, 0.29) is 11.9 Å². The average Bonchev–Trinajstić information content (AvgIpc) is 2.32. The molecule has 0 spiro atoms. The van der Waals surface area contributed by atoms with Crippen LogP contribution in [0, 0.1) is 6.92 Å². The topological polar surface area (TPSA) is 58.4 Å². The van der Waals surface area contributed by atoms with Gasteiger partial charge in [-0.1, -0.05) is 12.1 Å². The number of nitrogens with zero attached hydrogens (tertiary/aromatic N) is 1. The third-order valence-electron chi connectivity index (χ3n) is 3.10. The highest BCUT2D eigenvalue weighted by atomic mass is 16.2. The Labute approximate surface area is 102 Å². The predicted octanol–water partition coefficient (Wildman–Crippen LogP) is 0.649. The van der Waals surface area contributed by atoms with Gasteiger partial charge in [-0.15, -0.1) is 0 Å². The molecule has 3 N–H and O–H groups in total. The first-order valence-corrected chi connectivity index (χ1v) is 6.03. The van der Waals surface area contributed by atoms with Gasteiger partial charge in [0.25, 0.3) is 0 Å². The first-order chi connectivity index (χ1) is 8.22. The van der Waals surface area contributed by atoms with Crippen LogP contribution in [0.25, 0.3) is 0 Å². The van der Waals surface area contributed by atoms with Crippen molar-refractivity contribution >= 4 is 11.6 Å². The fraction of sp³-hybridized carbons (Fsp3) is 0.462. The summed E-state index contributed by atoms with van der Waals surface area (Å²) in [5.74, 6) is 0.0863. The first kappa shape index (κ1) is 11.9. The highest BCUT2D eigenvalue weighted by Crippen LogP contribution is 2.21. The summed E-state index contributed by atoms with van der Waals surface area (Å²) in [5.41, 5.74) is 7.90. The summed E-state index contributed by atoms with van der Waals surface area (Å²) in [6, 6.07) is 8.12. The zero-order chi connectivity index (χ0) is 12.3. The maximum atomic E-state index is 11.8. The number of hydrogen-bond donors (Lipinski definition) is 2. The third-order valence-corrected chi connectivity index (χ3v) is 3.10. The van der Waals surface area contributed by atoms with Gasteiger partial charge in [-0.25, -0.2) is 0 Å². The lowest BCUT2D eigenvalue weighted by atomic mass is 10.1. The highest BCUT2D eigenvalue weighted by Gasteiger charge is 2.28. The SMILES string of the molecule is Cc1cccc(N2CCNC(=O)C2CCN)c1. The van der Waals surface area contributed by atoms with E-state index in [0.717, 1.165) is 12.2 Å². The third kappa shape index (κ3) is 2.58. The number of benzene rings is 1. The minimum absolute atomic E-state index is 0.0863. The number of anilines is 1. The van der Waals surface area contributed by atoms with Crippen LogP contribution in [-0.4, -0.2) is 31.6 Å². The number of rotatable bonds is 3. The zero-order valence-corrected chi connectivity index (χ0v) is 10.1. The second-order valence-corrected chi connectivity index (χ2v) is 4.42. The molecule has 17 heavy (non-hydrogen) atoms. The fourth-order valence-corrected chi connectivity index (χ4v) is 2.28. The summed E-state index contributed by atoms with van der Waals surface area (Å²) in [6.07, 6.45) is 0.694. The van der Waals surface area contributed by atoms with Crippen LogP contribution in [0.3, 0.4) is 0 Å². The van der Waals surface area contributed by atoms with E-state index in [1.165, 1.54) is 5.56 Å². The van der Waals surface area contributed by atoms with Gasteiger partial charge in [0.2, 0.25) is 5.91 Å². The van der Waals surface area contributed by atoms with E-state index in [1.807, 2.05) is 6.07 Å². The summed E-state index contributed by atoms with van der Waals surface area (Å²) >= 11 is 0. The molecule has 1 unspecified atom stereocenters. The maximum absolute atomic E-state index is 11.8. The second-order valence-electron chi connectivity index (χ2n) is 4.42. The molecule has 1 fully saturated rings. The number of piperazine rings is 1.